The minimum absolute atomic E-state index is 0.0620. The number of fused-ring (bicyclic) bond motifs is 1. The van der Waals surface area contributed by atoms with Crippen LogP contribution in [-0.2, 0) is 17.7 Å². The molecule has 24 heavy (non-hydrogen) atoms. The Morgan fingerprint density at radius 1 is 1.50 bits per heavy atom. The highest BCUT2D eigenvalue weighted by molar-refractivity contribution is 5.94. The van der Waals surface area contributed by atoms with Crippen molar-refractivity contribution < 1.29 is 9.53 Å². The van der Waals surface area contributed by atoms with Crippen molar-refractivity contribution in [2.45, 2.75) is 45.9 Å². The van der Waals surface area contributed by atoms with Crippen molar-refractivity contribution in [1.29, 1.82) is 5.26 Å². The zero-order chi connectivity index (χ0) is 17.3. The van der Waals surface area contributed by atoms with Crippen LogP contribution in [0.1, 0.15) is 58.4 Å². The third-order valence-corrected chi connectivity index (χ3v) is 4.32. The SMILES string of the molecule is Cc1ccc(CNC(=O)c2n[nH]c3c2C[C@@H](C)O[C@H]3C)cc1C#N. The lowest BCUT2D eigenvalue weighted by Crippen LogP contribution is -2.27. The fourth-order valence-electron chi connectivity index (χ4n) is 3.03. The summed E-state index contributed by atoms with van der Waals surface area (Å²) in [7, 11) is 0. The third-order valence-electron chi connectivity index (χ3n) is 4.32. The number of rotatable bonds is 3. The number of aryl methyl sites for hydroxylation is 1. The zero-order valence-electron chi connectivity index (χ0n) is 14.0. The summed E-state index contributed by atoms with van der Waals surface area (Å²) in [6, 6.07) is 7.75. The summed E-state index contributed by atoms with van der Waals surface area (Å²) in [5.74, 6) is -0.215. The minimum Gasteiger partial charge on any atom is -0.369 e. The fourth-order valence-corrected chi connectivity index (χ4v) is 3.03. The molecule has 2 N–H and O–H groups in total. The molecule has 1 aromatic heterocycles. The van der Waals surface area contributed by atoms with Gasteiger partial charge in [-0.15, -0.1) is 0 Å². The second-order valence-electron chi connectivity index (χ2n) is 6.20. The number of carbonyl (C=O) groups excluding carboxylic acids is 1. The van der Waals surface area contributed by atoms with Gasteiger partial charge in [-0.1, -0.05) is 12.1 Å². The third kappa shape index (κ3) is 3.03. The van der Waals surface area contributed by atoms with Crippen LogP contribution in [0.5, 0.6) is 0 Å². The van der Waals surface area contributed by atoms with Gasteiger partial charge in [0.15, 0.2) is 5.69 Å². The predicted octanol–water partition coefficient (Wildman–Crippen LogP) is 2.54. The maximum atomic E-state index is 12.5. The predicted molar refractivity (Wildman–Crippen MR) is 88.3 cm³/mol. The number of benzene rings is 1. The van der Waals surface area contributed by atoms with Crippen molar-refractivity contribution in [3.05, 3.63) is 51.8 Å². The Labute approximate surface area is 140 Å². The van der Waals surface area contributed by atoms with E-state index in [1.54, 1.807) is 6.07 Å². The molecule has 0 saturated carbocycles. The topological polar surface area (TPSA) is 90.8 Å². The van der Waals surface area contributed by atoms with Gasteiger partial charge in [-0.3, -0.25) is 9.89 Å². The first-order chi connectivity index (χ1) is 11.5. The lowest BCUT2D eigenvalue weighted by Gasteiger charge is -2.25. The van der Waals surface area contributed by atoms with E-state index in [2.05, 4.69) is 21.6 Å². The summed E-state index contributed by atoms with van der Waals surface area (Å²) in [6.07, 6.45) is 0.641. The highest BCUT2D eigenvalue weighted by atomic mass is 16.5. The van der Waals surface area contributed by atoms with Crippen LogP contribution in [0.3, 0.4) is 0 Å². The maximum Gasteiger partial charge on any atom is 0.272 e. The van der Waals surface area contributed by atoms with Crippen molar-refractivity contribution in [1.82, 2.24) is 15.5 Å². The van der Waals surface area contributed by atoms with E-state index in [9.17, 15) is 4.79 Å². The molecule has 6 nitrogen and oxygen atoms in total. The first-order valence-electron chi connectivity index (χ1n) is 8.00. The van der Waals surface area contributed by atoms with E-state index < -0.39 is 0 Å². The van der Waals surface area contributed by atoms with Crippen molar-refractivity contribution in [3.8, 4) is 6.07 Å². The number of nitrogens with zero attached hydrogens (tertiary/aromatic N) is 2. The molecule has 0 radical (unpaired) electrons. The fraction of sp³-hybridized carbons (Fsp3) is 0.389. The van der Waals surface area contributed by atoms with Gasteiger partial charge in [0.1, 0.15) is 0 Å². The Bertz CT molecular complexity index is 819. The Kier molecular flexibility index (Phi) is 4.36. The highest BCUT2D eigenvalue weighted by Crippen LogP contribution is 2.30. The molecule has 1 aliphatic rings. The van der Waals surface area contributed by atoms with Crippen LogP contribution in [0.25, 0.3) is 0 Å². The summed E-state index contributed by atoms with van der Waals surface area (Å²) in [5, 5.41) is 19.1. The van der Waals surface area contributed by atoms with Crippen LogP contribution in [0, 0.1) is 18.3 Å². The van der Waals surface area contributed by atoms with E-state index >= 15 is 0 Å². The standard InChI is InChI=1S/C18H20N4O2/c1-10-4-5-13(7-14(10)8-19)9-20-18(23)17-15-6-11(2)24-12(3)16(15)21-22-17/h4-5,7,11-12H,6,9H2,1-3H3,(H,20,23)(H,21,22)/t11-,12+/m1/s1. The van der Waals surface area contributed by atoms with Gasteiger partial charge in [-0.05, 0) is 38.0 Å². The Morgan fingerprint density at radius 3 is 3.04 bits per heavy atom. The summed E-state index contributed by atoms with van der Waals surface area (Å²) >= 11 is 0. The summed E-state index contributed by atoms with van der Waals surface area (Å²) in [4.78, 5) is 12.5. The van der Waals surface area contributed by atoms with Gasteiger partial charge in [-0.25, -0.2) is 0 Å². The molecule has 3 rings (SSSR count). The van der Waals surface area contributed by atoms with Gasteiger partial charge in [0.25, 0.3) is 5.91 Å². The van der Waals surface area contributed by atoms with Gasteiger partial charge >= 0.3 is 0 Å². The van der Waals surface area contributed by atoms with E-state index in [0.29, 0.717) is 24.2 Å². The van der Waals surface area contributed by atoms with Gasteiger partial charge < -0.3 is 10.1 Å². The molecule has 0 unspecified atom stereocenters. The van der Waals surface area contributed by atoms with Crippen LogP contribution in [0.2, 0.25) is 0 Å². The number of aromatic amines is 1. The summed E-state index contributed by atoms with van der Waals surface area (Å²) in [5.41, 5.74) is 4.68. The number of nitrogens with one attached hydrogen (secondary N) is 2. The lowest BCUT2D eigenvalue weighted by molar-refractivity contribution is -0.00697. The van der Waals surface area contributed by atoms with E-state index in [1.165, 1.54) is 0 Å². The molecule has 2 aromatic rings. The molecule has 2 atom stereocenters. The number of carbonyl (C=O) groups is 1. The molecular formula is C18H20N4O2. The average Bonchev–Trinajstić information content (AvgIpc) is 2.98. The number of amides is 1. The van der Waals surface area contributed by atoms with Gasteiger partial charge in [0, 0.05) is 18.5 Å². The molecule has 6 heteroatoms. The van der Waals surface area contributed by atoms with E-state index in [-0.39, 0.29) is 18.1 Å². The van der Waals surface area contributed by atoms with E-state index in [0.717, 1.165) is 22.4 Å². The molecule has 124 valence electrons. The maximum absolute atomic E-state index is 12.5. The Morgan fingerprint density at radius 2 is 2.29 bits per heavy atom. The lowest BCUT2D eigenvalue weighted by atomic mass is 9.99. The highest BCUT2D eigenvalue weighted by Gasteiger charge is 2.29. The first-order valence-corrected chi connectivity index (χ1v) is 8.00. The van der Waals surface area contributed by atoms with Crippen LogP contribution in [-0.4, -0.2) is 22.2 Å². The molecule has 1 aliphatic heterocycles. The normalized spacial score (nSPS) is 19.4. The van der Waals surface area contributed by atoms with Crippen molar-refractivity contribution in [3.63, 3.8) is 0 Å². The van der Waals surface area contributed by atoms with Gasteiger partial charge in [0.05, 0.1) is 29.5 Å². The Balaban J connectivity index is 1.74. The molecule has 2 heterocycles. The molecule has 1 aromatic carbocycles. The van der Waals surface area contributed by atoms with Crippen LogP contribution in [0.15, 0.2) is 18.2 Å². The van der Waals surface area contributed by atoms with Crippen molar-refractivity contribution >= 4 is 5.91 Å². The number of aromatic nitrogens is 2. The summed E-state index contributed by atoms with van der Waals surface area (Å²) < 4.78 is 5.74. The van der Waals surface area contributed by atoms with Gasteiger partial charge in [-0.2, -0.15) is 10.4 Å². The molecular weight excluding hydrogens is 304 g/mol. The number of ether oxygens (including phenoxy) is 1. The van der Waals surface area contributed by atoms with Crippen LogP contribution in [0.4, 0.5) is 0 Å². The molecule has 0 bridgehead atoms. The molecule has 0 spiro atoms. The summed E-state index contributed by atoms with van der Waals surface area (Å²) in [6.45, 7) is 6.19. The zero-order valence-corrected chi connectivity index (χ0v) is 14.0. The first kappa shape index (κ1) is 16.2. The van der Waals surface area contributed by atoms with Crippen molar-refractivity contribution in [2.24, 2.45) is 0 Å². The smallest absolute Gasteiger partial charge is 0.272 e. The minimum atomic E-state index is -0.215. The van der Waals surface area contributed by atoms with E-state index in [1.807, 2.05) is 32.9 Å². The van der Waals surface area contributed by atoms with E-state index in [4.69, 9.17) is 10.00 Å². The van der Waals surface area contributed by atoms with Gasteiger partial charge in [0.2, 0.25) is 0 Å². The second kappa shape index (κ2) is 6.46. The molecule has 0 fully saturated rings. The number of hydrogen-bond donors (Lipinski definition) is 2. The van der Waals surface area contributed by atoms with Crippen molar-refractivity contribution in [2.75, 3.05) is 0 Å². The quantitative estimate of drug-likeness (QED) is 0.907. The largest absolute Gasteiger partial charge is 0.369 e. The molecule has 1 amide bonds. The molecule has 0 aliphatic carbocycles. The number of H-pyrrole nitrogens is 1. The number of hydrogen-bond acceptors (Lipinski definition) is 4. The second-order valence-corrected chi connectivity index (χ2v) is 6.20. The molecule has 0 saturated heterocycles. The van der Waals surface area contributed by atoms with Crippen LogP contribution < -0.4 is 5.32 Å². The average molecular weight is 324 g/mol. The monoisotopic (exact) mass is 324 g/mol. The number of nitriles is 1. The Hall–Kier alpha value is -2.65. The van der Waals surface area contributed by atoms with Crippen LogP contribution >= 0.6 is 0 Å².